The highest BCUT2D eigenvalue weighted by Gasteiger charge is 2.04. The van der Waals surface area contributed by atoms with E-state index in [2.05, 4.69) is 10.5 Å². The van der Waals surface area contributed by atoms with Gasteiger partial charge < -0.3 is 9.84 Å². The van der Waals surface area contributed by atoms with E-state index in [1.165, 1.54) is 6.21 Å². The molecule has 0 bridgehead atoms. The summed E-state index contributed by atoms with van der Waals surface area (Å²) in [6.07, 6.45) is 2.22. The predicted octanol–water partition coefficient (Wildman–Crippen LogP) is 2.48. The topological polar surface area (TPSA) is 70.9 Å². The summed E-state index contributed by atoms with van der Waals surface area (Å²) in [5, 5.41) is 13.3. The van der Waals surface area contributed by atoms with Gasteiger partial charge in [0.2, 0.25) is 0 Å². The van der Waals surface area contributed by atoms with Gasteiger partial charge in [-0.15, -0.1) is 0 Å². The second-order valence-corrected chi connectivity index (χ2v) is 4.60. The number of hydrogen-bond donors (Lipinski definition) is 2. The van der Waals surface area contributed by atoms with Crippen molar-refractivity contribution >= 4 is 12.1 Å². The Morgan fingerprint density at radius 1 is 1.23 bits per heavy atom. The number of phenolic OH excluding ortho intramolecular Hbond substituents is 1. The number of carbonyl (C=O) groups is 1. The fraction of sp³-hybridized carbons (Fsp3) is 0.176. The van der Waals surface area contributed by atoms with Crippen molar-refractivity contribution in [3.8, 4) is 11.5 Å². The highest BCUT2D eigenvalue weighted by molar-refractivity contribution is 5.85. The first-order valence-corrected chi connectivity index (χ1v) is 7.01. The van der Waals surface area contributed by atoms with Crippen LogP contribution in [0.15, 0.2) is 53.6 Å². The fourth-order valence-electron chi connectivity index (χ4n) is 1.88. The molecule has 2 rings (SSSR count). The lowest BCUT2D eigenvalue weighted by atomic mass is 10.1. The summed E-state index contributed by atoms with van der Waals surface area (Å²) in [5.41, 5.74) is 3.94. The van der Waals surface area contributed by atoms with Gasteiger partial charge in [0.15, 0.2) is 6.61 Å². The third-order valence-corrected chi connectivity index (χ3v) is 3.04. The Labute approximate surface area is 129 Å². The second-order valence-electron chi connectivity index (χ2n) is 4.60. The SMILES string of the molecule is CCc1ccccc1OCC(=O)NN=Cc1ccccc1O. The molecule has 1 amide bonds. The van der Waals surface area contributed by atoms with Gasteiger partial charge in [-0.2, -0.15) is 5.10 Å². The quantitative estimate of drug-likeness (QED) is 0.636. The van der Waals surface area contributed by atoms with E-state index in [-0.39, 0.29) is 18.3 Å². The molecule has 0 heterocycles. The Kier molecular flexibility index (Phi) is 5.54. The molecular formula is C17H18N2O3. The first-order chi connectivity index (χ1) is 10.7. The van der Waals surface area contributed by atoms with Crippen molar-refractivity contribution in [1.82, 2.24) is 5.43 Å². The molecule has 5 heteroatoms. The lowest BCUT2D eigenvalue weighted by molar-refractivity contribution is -0.123. The van der Waals surface area contributed by atoms with Crippen molar-refractivity contribution in [2.75, 3.05) is 6.61 Å². The molecule has 0 atom stereocenters. The maximum absolute atomic E-state index is 11.7. The zero-order valence-electron chi connectivity index (χ0n) is 12.3. The Morgan fingerprint density at radius 2 is 1.95 bits per heavy atom. The average molecular weight is 298 g/mol. The van der Waals surface area contributed by atoms with E-state index in [1.54, 1.807) is 24.3 Å². The van der Waals surface area contributed by atoms with Crippen LogP contribution in [0.3, 0.4) is 0 Å². The Hall–Kier alpha value is -2.82. The van der Waals surface area contributed by atoms with Crippen molar-refractivity contribution in [3.63, 3.8) is 0 Å². The minimum atomic E-state index is -0.363. The lowest BCUT2D eigenvalue weighted by Crippen LogP contribution is -2.24. The van der Waals surface area contributed by atoms with Crippen LogP contribution in [-0.2, 0) is 11.2 Å². The number of ether oxygens (including phenoxy) is 1. The Bertz CT molecular complexity index is 668. The van der Waals surface area contributed by atoms with Crippen LogP contribution in [0.2, 0.25) is 0 Å². The van der Waals surface area contributed by atoms with E-state index in [1.807, 2.05) is 31.2 Å². The summed E-state index contributed by atoms with van der Waals surface area (Å²) in [5.74, 6) is 0.441. The van der Waals surface area contributed by atoms with Crippen LogP contribution < -0.4 is 10.2 Å². The molecule has 114 valence electrons. The smallest absolute Gasteiger partial charge is 0.277 e. The number of para-hydroxylation sites is 2. The van der Waals surface area contributed by atoms with Gasteiger partial charge in [-0.05, 0) is 30.2 Å². The van der Waals surface area contributed by atoms with Gasteiger partial charge >= 0.3 is 0 Å². The largest absolute Gasteiger partial charge is 0.507 e. The summed E-state index contributed by atoms with van der Waals surface area (Å²) in [4.78, 5) is 11.7. The number of benzene rings is 2. The highest BCUT2D eigenvalue weighted by atomic mass is 16.5. The molecular weight excluding hydrogens is 280 g/mol. The van der Waals surface area contributed by atoms with Crippen LogP contribution in [0, 0.1) is 0 Å². The van der Waals surface area contributed by atoms with Crippen molar-refractivity contribution in [2.24, 2.45) is 5.10 Å². The van der Waals surface area contributed by atoms with E-state index in [0.717, 1.165) is 12.0 Å². The molecule has 22 heavy (non-hydrogen) atoms. The zero-order valence-corrected chi connectivity index (χ0v) is 12.3. The summed E-state index contributed by atoms with van der Waals surface area (Å²) >= 11 is 0. The Balaban J connectivity index is 1.85. The Morgan fingerprint density at radius 3 is 2.73 bits per heavy atom. The minimum Gasteiger partial charge on any atom is -0.507 e. The van der Waals surface area contributed by atoms with Gasteiger partial charge in [0.05, 0.1) is 6.21 Å². The van der Waals surface area contributed by atoms with E-state index in [9.17, 15) is 9.90 Å². The van der Waals surface area contributed by atoms with Crippen LogP contribution >= 0.6 is 0 Å². The summed E-state index contributed by atoms with van der Waals surface area (Å²) in [6, 6.07) is 14.3. The molecule has 0 aliphatic carbocycles. The number of phenols is 1. The summed E-state index contributed by atoms with van der Waals surface area (Å²) in [6.45, 7) is 1.91. The predicted molar refractivity (Wildman–Crippen MR) is 85.2 cm³/mol. The van der Waals surface area contributed by atoms with Gasteiger partial charge in [0, 0.05) is 5.56 Å². The van der Waals surface area contributed by atoms with E-state index in [4.69, 9.17) is 4.74 Å². The molecule has 2 aromatic rings. The van der Waals surface area contributed by atoms with Crippen LogP contribution in [0.5, 0.6) is 11.5 Å². The van der Waals surface area contributed by atoms with Crippen molar-refractivity contribution in [2.45, 2.75) is 13.3 Å². The highest BCUT2D eigenvalue weighted by Crippen LogP contribution is 2.18. The molecule has 0 aliphatic heterocycles. The lowest BCUT2D eigenvalue weighted by Gasteiger charge is -2.09. The second kappa shape index (κ2) is 7.83. The van der Waals surface area contributed by atoms with Gasteiger partial charge in [0.1, 0.15) is 11.5 Å². The third kappa shape index (κ3) is 4.34. The summed E-state index contributed by atoms with van der Waals surface area (Å²) < 4.78 is 5.48. The van der Waals surface area contributed by atoms with Crippen LogP contribution in [0.25, 0.3) is 0 Å². The standard InChI is InChI=1S/C17H18N2O3/c1-2-13-7-4-6-10-16(13)22-12-17(21)19-18-11-14-8-3-5-9-15(14)20/h3-11,20H,2,12H2,1H3,(H,19,21). The molecule has 0 saturated heterocycles. The number of hydrogen-bond acceptors (Lipinski definition) is 4. The number of rotatable bonds is 6. The molecule has 0 radical (unpaired) electrons. The number of nitrogens with one attached hydrogen (secondary N) is 1. The van der Waals surface area contributed by atoms with Gasteiger partial charge in [-0.25, -0.2) is 5.43 Å². The van der Waals surface area contributed by atoms with Gasteiger partial charge in [0.25, 0.3) is 5.91 Å². The molecule has 2 N–H and O–H groups in total. The summed E-state index contributed by atoms with van der Waals surface area (Å²) in [7, 11) is 0. The van der Waals surface area contributed by atoms with Crippen LogP contribution in [-0.4, -0.2) is 23.8 Å². The maximum Gasteiger partial charge on any atom is 0.277 e. The number of amides is 1. The molecule has 0 saturated carbocycles. The van der Waals surface area contributed by atoms with E-state index < -0.39 is 0 Å². The molecule has 0 spiro atoms. The maximum atomic E-state index is 11.7. The van der Waals surface area contributed by atoms with Gasteiger partial charge in [-0.1, -0.05) is 37.3 Å². The van der Waals surface area contributed by atoms with E-state index >= 15 is 0 Å². The number of aromatic hydroxyl groups is 1. The monoisotopic (exact) mass is 298 g/mol. The average Bonchev–Trinajstić information content (AvgIpc) is 2.55. The molecule has 5 nitrogen and oxygen atoms in total. The zero-order chi connectivity index (χ0) is 15.8. The van der Waals surface area contributed by atoms with Crippen molar-refractivity contribution in [3.05, 3.63) is 59.7 Å². The normalized spacial score (nSPS) is 10.6. The molecule has 0 aliphatic rings. The fourth-order valence-corrected chi connectivity index (χ4v) is 1.88. The minimum absolute atomic E-state index is 0.105. The number of nitrogens with zero attached hydrogens (tertiary/aromatic N) is 1. The van der Waals surface area contributed by atoms with Crippen molar-refractivity contribution in [1.29, 1.82) is 0 Å². The van der Waals surface area contributed by atoms with Crippen LogP contribution in [0.4, 0.5) is 0 Å². The van der Waals surface area contributed by atoms with Crippen LogP contribution in [0.1, 0.15) is 18.1 Å². The molecule has 0 fully saturated rings. The number of hydrazone groups is 1. The van der Waals surface area contributed by atoms with Crippen molar-refractivity contribution < 1.29 is 14.6 Å². The number of carbonyl (C=O) groups excluding carboxylic acids is 1. The first-order valence-electron chi connectivity index (χ1n) is 7.01. The van der Waals surface area contributed by atoms with Gasteiger partial charge in [-0.3, -0.25) is 4.79 Å². The molecule has 2 aromatic carbocycles. The number of aryl methyl sites for hydroxylation is 1. The first kappa shape index (κ1) is 15.6. The molecule has 0 unspecified atom stereocenters. The third-order valence-electron chi connectivity index (χ3n) is 3.04. The van der Waals surface area contributed by atoms with E-state index in [0.29, 0.717) is 11.3 Å². The molecule has 0 aromatic heterocycles.